The van der Waals surface area contributed by atoms with Crippen LogP contribution in [0.1, 0.15) is 12.5 Å². The molecule has 4 heteroatoms. The van der Waals surface area contributed by atoms with Crippen LogP contribution in [0.4, 0.5) is 5.69 Å². The van der Waals surface area contributed by atoms with Crippen LogP contribution in [0.5, 0.6) is 0 Å². The summed E-state index contributed by atoms with van der Waals surface area (Å²) in [4.78, 5) is 9.91. The molecule has 0 N–H and O–H groups in total. The lowest BCUT2D eigenvalue weighted by Crippen LogP contribution is -1.86. The van der Waals surface area contributed by atoms with Crippen molar-refractivity contribution in [3.63, 3.8) is 0 Å². The van der Waals surface area contributed by atoms with E-state index < -0.39 is 4.92 Å². The minimum atomic E-state index is -0.421. The molecule has 0 heterocycles. The number of nitrogens with zero attached hydrogens (tertiary/aromatic N) is 1. The highest BCUT2D eigenvalue weighted by Gasteiger charge is 2.01. The summed E-state index contributed by atoms with van der Waals surface area (Å²) in [6, 6.07) is 6.28. The zero-order chi connectivity index (χ0) is 10.4. The van der Waals surface area contributed by atoms with E-state index in [1.54, 1.807) is 24.5 Å². The largest absolute Gasteiger partial charge is 0.501 e. The highest BCUT2D eigenvalue weighted by molar-refractivity contribution is 5.50. The Bertz CT molecular complexity index is 330. The molecule has 1 rings (SSSR count). The molecule has 14 heavy (non-hydrogen) atoms. The summed E-state index contributed by atoms with van der Waals surface area (Å²) in [5, 5.41) is 10.3. The summed E-state index contributed by atoms with van der Waals surface area (Å²) in [5.74, 6) is 0. The van der Waals surface area contributed by atoms with Gasteiger partial charge in [-0.25, -0.2) is 0 Å². The molecule has 0 aliphatic carbocycles. The van der Waals surface area contributed by atoms with Crippen molar-refractivity contribution < 1.29 is 9.66 Å². The third-order valence-electron chi connectivity index (χ3n) is 1.63. The van der Waals surface area contributed by atoms with Crippen molar-refractivity contribution in [3.8, 4) is 0 Å². The molecule has 0 saturated carbocycles. The van der Waals surface area contributed by atoms with Gasteiger partial charge in [0, 0.05) is 12.1 Å². The van der Waals surface area contributed by atoms with Gasteiger partial charge in [0.1, 0.15) is 0 Å². The number of rotatable bonds is 4. The van der Waals surface area contributed by atoms with Crippen LogP contribution in [0.25, 0.3) is 6.08 Å². The lowest BCUT2D eigenvalue weighted by atomic mass is 10.2. The number of hydrogen-bond donors (Lipinski definition) is 0. The van der Waals surface area contributed by atoms with Crippen molar-refractivity contribution in [2.75, 3.05) is 6.61 Å². The zero-order valence-electron chi connectivity index (χ0n) is 7.84. The maximum atomic E-state index is 10.3. The fraction of sp³-hybridized carbons (Fsp3) is 0.200. The monoisotopic (exact) mass is 193 g/mol. The molecule has 0 spiro atoms. The van der Waals surface area contributed by atoms with Crippen LogP contribution in [0, 0.1) is 10.1 Å². The Hall–Kier alpha value is -1.84. The summed E-state index contributed by atoms with van der Waals surface area (Å²) >= 11 is 0. The van der Waals surface area contributed by atoms with Gasteiger partial charge in [-0.1, -0.05) is 0 Å². The van der Waals surface area contributed by atoms with Gasteiger partial charge in [-0.3, -0.25) is 10.1 Å². The lowest BCUT2D eigenvalue weighted by molar-refractivity contribution is -0.384. The number of ether oxygens (including phenoxy) is 1. The van der Waals surface area contributed by atoms with E-state index in [-0.39, 0.29) is 5.69 Å². The summed E-state index contributed by atoms with van der Waals surface area (Å²) in [6.07, 6.45) is 3.33. The third-order valence-corrected chi connectivity index (χ3v) is 1.63. The van der Waals surface area contributed by atoms with E-state index in [0.717, 1.165) is 5.56 Å². The van der Waals surface area contributed by atoms with E-state index in [0.29, 0.717) is 6.61 Å². The Morgan fingerprint density at radius 2 is 2.07 bits per heavy atom. The van der Waals surface area contributed by atoms with Crippen molar-refractivity contribution >= 4 is 11.8 Å². The first kappa shape index (κ1) is 10.2. The van der Waals surface area contributed by atoms with Crippen LogP contribution in [-0.4, -0.2) is 11.5 Å². The molecule has 74 valence electrons. The second kappa shape index (κ2) is 5.01. The van der Waals surface area contributed by atoms with E-state index >= 15 is 0 Å². The summed E-state index contributed by atoms with van der Waals surface area (Å²) in [5.41, 5.74) is 0.975. The second-order valence-corrected chi connectivity index (χ2v) is 2.61. The predicted molar refractivity (Wildman–Crippen MR) is 53.8 cm³/mol. The van der Waals surface area contributed by atoms with E-state index in [9.17, 15) is 10.1 Å². The Kier molecular flexibility index (Phi) is 3.67. The average molecular weight is 193 g/mol. The maximum absolute atomic E-state index is 10.3. The molecular formula is C10H11NO3. The second-order valence-electron chi connectivity index (χ2n) is 2.61. The summed E-state index contributed by atoms with van der Waals surface area (Å²) in [7, 11) is 0. The molecule has 0 fully saturated rings. The maximum Gasteiger partial charge on any atom is 0.269 e. The first-order valence-electron chi connectivity index (χ1n) is 4.26. The van der Waals surface area contributed by atoms with Crippen LogP contribution >= 0.6 is 0 Å². The Morgan fingerprint density at radius 1 is 1.43 bits per heavy atom. The quantitative estimate of drug-likeness (QED) is 0.419. The van der Waals surface area contributed by atoms with Crippen molar-refractivity contribution in [3.05, 3.63) is 46.2 Å². The molecule has 0 unspecified atom stereocenters. The fourth-order valence-corrected chi connectivity index (χ4v) is 0.930. The number of non-ortho nitro benzene ring substituents is 1. The Labute approximate surface area is 82.0 Å². The average Bonchev–Trinajstić information content (AvgIpc) is 2.19. The highest BCUT2D eigenvalue weighted by Crippen LogP contribution is 2.12. The number of hydrogen-bond acceptors (Lipinski definition) is 3. The topological polar surface area (TPSA) is 52.4 Å². The van der Waals surface area contributed by atoms with Crippen molar-refractivity contribution in [1.82, 2.24) is 0 Å². The summed E-state index contributed by atoms with van der Waals surface area (Å²) in [6.45, 7) is 2.50. The standard InChI is InChI=1S/C10H11NO3/c1-2-14-8-7-9-3-5-10(6-4-9)11(12)13/h3-8H,2H2,1H3. The molecule has 0 aliphatic rings. The molecule has 1 aromatic rings. The van der Waals surface area contributed by atoms with Crippen molar-refractivity contribution in [2.45, 2.75) is 6.92 Å². The third kappa shape index (κ3) is 2.90. The van der Waals surface area contributed by atoms with Gasteiger partial charge in [0.15, 0.2) is 0 Å². The van der Waals surface area contributed by atoms with E-state index in [2.05, 4.69) is 0 Å². The van der Waals surface area contributed by atoms with Crippen LogP contribution in [0.2, 0.25) is 0 Å². The van der Waals surface area contributed by atoms with Crippen molar-refractivity contribution in [2.24, 2.45) is 0 Å². The molecule has 0 radical (unpaired) electrons. The molecule has 0 amide bonds. The SMILES string of the molecule is CCOC=Cc1ccc([N+](=O)[O-])cc1. The van der Waals surface area contributed by atoms with Gasteiger partial charge in [-0.15, -0.1) is 0 Å². The molecule has 0 aromatic heterocycles. The minimum Gasteiger partial charge on any atom is -0.501 e. The van der Waals surface area contributed by atoms with Crippen LogP contribution < -0.4 is 0 Å². The number of nitro benzene ring substituents is 1. The normalized spacial score (nSPS) is 10.4. The van der Waals surface area contributed by atoms with Gasteiger partial charge in [-0.05, 0) is 30.7 Å². The molecule has 0 atom stereocenters. The number of benzene rings is 1. The molecule has 1 aromatic carbocycles. The van der Waals surface area contributed by atoms with Gasteiger partial charge in [-0.2, -0.15) is 0 Å². The molecule has 0 bridgehead atoms. The highest BCUT2D eigenvalue weighted by atomic mass is 16.6. The summed E-state index contributed by atoms with van der Waals surface area (Å²) < 4.78 is 5.00. The van der Waals surface area contributed by atoms with Gasteiger partial charge < -0.3 is 4.74 Å². The van der Waals surface area contributed by atoms with Crippen LogP contribution in [-0.2, 0) is 4.74 Å². The van der Waals surface area contributed by atoms with Gasteiger partial charge in [0.25, 0.3) is 5.69 Å². The van der Waals surface area contributed by atoms with Gasteiger partial charge in [0.05, 0.1) is 17.8 Å². The molecule has 0 saturated heterocycles. The first-order valence-corrected chi connectivity index (χ1v) is 4.26. The zero-order valence-corrected chi connectivity index (χ0v) is 7.84. The van der Waals surface area contributed by atoms with E-state index in [1.807, 2.05) is 6.92 Å². The first-order chi connectivity index (χ1) is 6.74. The van der Waals surface area contributed by atoms with Crippen LogP contribution in [0.3, 0.4) is 0 Å². The smallest absolute Gasteiger partial charge is 0.269 e. The lowest BCUT2D eigenvalue weighted by Gasteiger charge is -1.94. The molecule has 0 aliphatic heterocycles. The van der Waals surface area contributed by atoms with E-state index in [1.165, 1.54) is 12.1 Å². The Balaban J connectivity index is 2.68. The molecular weight excluding hydrogens is 182 g/mol. The van der Waals surface area contributed by atoms with Gasteiger partial charge >= 0.3 is 0 Å². The van der Waals surface area contributed by atoms with Crippen LogP contribution in [0.15, 0.2) is 30.5 Å². The Morgan fingerprint density at radius 3 is 2.57 bits per heavy atom. The minimum absolute atomic E-state index is 0.0959. The van der Waals surface area contributed by atoms with Gasteiger partial charge in [0.2, 0.25) is 0 Å². The van der Waals surface area contributed by atoms with Crippen molar-refractivity contribution in [1.29, 1.82) is 0 Å². The van der Waals surface area contributed by atoms with E-state index in [4.69, 9.17) is 4.74 Å². The number of nitro groups is 1. The molecule has 4 nitrogen and oxygen atoms in total. The fourth-order valence-electron chi connectivity index (χ4n) is 0.930. The predicted octanol–water partition coefficient (Wildman–Crippen LogP) is 2.60.